The number of carbonyl (C=O) groups excluding carboxylic acids is 1. The SMILES string of the molecule is CC(C)(N)C(=O)CCCC(=O)O. The molecule has 0 radical (unpaired) electrons. The predicted molar refractivity (Wildman–Crippen MR) is 44.8 cm³/mol. The molecule has 0 atom stereocenters. The number of nitrogens with two attached hydrogens (primary N) is 1. The molecule has 0 bridgehead atoms. The van der Waals surface area contributed by atoms with Gasteiger partial charge >= 0.3 is 5.97 Å². The van der Waals surface area contributed by atoms with E-state index in [0.29, 0.717) is 6.42 Å². The molecule has 0 aromatic rings. The number of carbonyl (C=O) groups is 2. The van der Waals surface area contributed by atoms with E-state index in [0.717, 1.165) is 0 Å². The lowest BCUT2D eigenvalue weighted by Crippen LogP contribution is -2.41. The third-order valence-corrected chi connectivity index (χ3v) is 1.51. The highest BCUT2D eigenvalue weighted by molar-refractivity contribution is 5.87. The fourth-order valence-corrected chi connectivity index (χ4v) is 0.722. The minimum atomic E-state index is -0.877. The number of Topliss-reactive ketones (excluding diaryl/α,β-unsaturated/α-hetero) is 1. The molecule has 0 aromatic carbocycles. The molecule has 0 aliphatic rings. The summed E-state index contributed by atoms with van der Waals surface area (Å²) in [7, 11) is 0. The van der Waals surface area contributed by atoms with Gasteiger partial charge in [-0.3, -0.25) is 9.59 Å². The van der Waals surface area contributed by atoms with Crippen LogP contribution in [-0.4, -0.2) is 22.4 Å². The summed E-state index contributed by atoms with van der Waals surface area (Å²) in [4.78, 5) is 21.2. The van der Waals surface area contributed by atoms with Crippen molar-refractivity contribution in [3.05, 3.63) is 0 Å². The maximum absolute atomic E-state index is 11.1. The average Bonchev–Trinajstić information content (AvgIpc) is 1.84. The van der Waals surface area contributed by atoms with E-state index in [9.17, 15) is 9.59 Å². The van der Waals surface area contributed by atoms with Crippen LogP contribution in [0.5, 0.6) is 0 Å². The maximum atomic E-state index is 11.1. The smallest absolute Gasteiger partial charge is 0.303 e. The number of hydrogen-bond acceptors (Lipinski definition) is 3. The molecule has 4 heteroatoms. The van der Waals surface area contributed by atoms with Crippen molar-refractivity contribution < 1.29 is 14.7 Å². The number of aliphatic carboxylic acids is 1. The van der Waals surface area contributed by atoms with E-state index in [1.54, 1.807) is 13.8 Å². The monoisotopic (exact) mass is 173 g/mol. The van der Waals surface area contributed by atoms with Crippen molar-refractivity contribution in [2.75, 3.05) is 0 Å². The van der Waals surface area contributed by atoms with Crippen LogP contribution in [0, 0.1) is 0 Å². The summed E-state index contributed by atoms with van der Waals surface area (Å²) in [5, 5.41) is 8.29. The number of ketones is 1. The van der Waals surface area contributed by atoms with Gasteiger partial charge in [-0.25, -0.2) is 0 Å². The lowest BCUT2D eigenvalue weighted by atomic mass is 9.96. The Labute approximate surface area is 71.8 Å². The Balaban J connectivity index is 3.66. The third kappa shape index (κ3) is 4.85. The number of rotatable bonds is 5. The summed E-state index contributed by atoms with van der Waals surface area (Å²) >= 11 is 0. The van der Waals surface area contributed by atoms with Gasteiger partial charge in [0.2, 0.25) is 0 Å². The second-order valence-electron chi connectivity index (χ2n) is 3.39. The minimum absolute atomic E-state index is 0.0296. The van der Waals surface area contributed by atoms with E-state index in [-0.39, 0.29) is 18.6 Å². The fraction of sp³-hybridized carbons (Fsp3) is 0.750. The van der Waals surface area contributed by atoms with Crippen molar-refractivity contribution in [3.8, 4) is 0 Å². The normalized spacial score (nSPS) is 11.2. The van der Waals surface area contributed by atoms with Crippen LogP contribution in [0.4, 0.5) is 0 Å². The second kappa shape index (κ2) is 4.21. The van der Waals surface area contributed by atoms with E-state index in [2.05, 4.69) is 0 Å². The maximum Gasteiger partial charge on any atom is 0.303 e. The van der Waals surface area contributed by atoms with E-state index < -0.39 is 11.5 Å². The molecular formula is C8H15NO3. The van der Waals surface area contributed by atoms with Crippen LogP contribution in [0.2, 0.25) is 0 Å². The first-order valence-electron chi connectivity index (χ1n) is 3.88. The van der Waals surface area contributed by atoms with E-state index >= 15 is 0 Å². The number of carboxylic acid groups (broad SMARTS) is 1. The van der Waals surface area contributed by atoms with Gasteiger partial charge in [-0.15, -0.1) is 0 Å². The molecule has 0 aliphatic carbocycles. The van der Waals surface area contributed by atoms with Crippen molar-refractivity contribution in [1.29, 1.82) is 0 Å². The first-order chi connectivity index (χ1) is 5.34. The number of carboxylic acids is 1. The average molecular weight is 173 g/mol. The molecule has 0 fully saturated rings. The Hall–Kier alpha value is -0.900. The predicted octanol–water partition coefficient (Wildman–Crippen LogP) is 0.548. The fourth-order valence-electron chi connectivity index (χ4n) is 0.722. The third-order valence-electron chi connectivity index (χ3n) is 1.51. The second-order valence-corrected chi connectivity index (χ2v) is 3.39. The minimum Gasteiger partial charge on any atom is -0.481 e. The van der Waals surface area contributed by atoms with E-state index in [4.69, 9.17) is 10.8 Å². The van der Waals surface area contributed by atoms with Crippen molar-refractivity contribution in [2.45, 2.75) is 38.6 Å². The lowest BCUT2D eigenvalue weighted by Gasteiger charge is -2.15. The van der Waals surface area contributed by atoms with Gasteiger partial charge < -0.3 is 10.8 Å². The molecule has 0 amide bonds. The van der Waals surface area contributed by atoms with Crippen LogP contribution in [0.3, 0.4) is 0 Å². The van der Waals surface area contributed by atoms with E-state index in [1.807, 2.05) is 0 Å². The molecule has 0 aliphatic heterocycles. The molecule has 0 aromatic heterocycles. The summed E-state index contributed by atoms with van der Waals surface area (Å²) in [6.45, 7) is 3.24. The standard InChI is InChI=1S/C8H15NO3/c1-8(2,9)6(10)4-3-5-7(11)12/h3-5,9H2,1-2H3,(H,11,12). The van der Waals surface area contributed by atoms with Gasteiger partial charge in [-0.05, 0) is 20.3 Å². The van der Waals surface area contributed by atoms with Gasteiger partial charge in [0.15, 0.2) is 5.78 Å². The first-order valence-corrected chi connectivity index (χ1v) is 3.88. The Morgan fingerprint density at radius 3 is 2.17 bits per heavy atom. The first kappa shape index (κ1) is 11.1. The van der Waals surface area contributed by atoms with Gasteiger partial charge in [0, 0.05) is 12.8 Å². The van der Waals surface area contributed by atoms with Crippen LogP contribution in [0.1, 0.15) is 33.1 Å². The Bertz CT molecular complexity index is 181. The zero-order valence-corrected chi connectivity index (χ0v) is 7.46. The Kier molecular flexibility index (Phi) is 3.89. The van der Waals surface area contributed by atoms with Crippen molar-refractivity contribution >= 4 is 11.8 Å². The van der Waals surface area contributed by atoms with Crippen LogP contribution < -0.4 is 5.73 Å². The quantitative estimate of drug-likeness (QED) is 0.636. The highest BCUT2D eigenvalue weighted by Gasteiger charge is 2.20. The number of hydrogen-bond donors (Lipinski definition) is 2. The molecule has 0 spiro atoms. The molecule has 0 saturated carbocycles. The zero-order chi connectivity index (χ0) is 9.78. The van der Waals surface area contributed by atoms with Crippen molar-refractivity contribution in [3.63, 3.8) is 0 Å². The van der Waals surface area contributed by atoms with Crippen LogP contribution >= 0.6 is 0 Å². The molecule has 4 nitrogen and oxygen atoms in total. The molecule has 70 valence electrons. The van der Waals surface area contributed by atoms with Crippen molar-refractivity contribution in [2.24, 2.45) is 5.73 Å². The molecule has 0 unspecified atom stereocenters. The Morgan fingerprint density at radius 2 is 1.83 bits per heavy atom. The lowest BCUT2D eigenvalue weighted by molar-refractivity contribution is -0.137. The van der Waals surface area contributed by atoms with Crippen molar-refractivity contribution in [1.82, 2.24) is 0 Å². The molecular weight excluding hydrogens is 158 g/mol. The molecule has 0 saturated heterocycles. The van der Waals surface area contributed by atoms with Gasteiger partial charge in [0.25, 0.3) is 0 Å². The highest BCUT2D eigenvalue weighted by atomic mass is 16.4. The molecule has 0 heterocycles. The van der Waals surface area contributed by atoms with Crippen LogP contribution in [0.25, 0.3) is 0 Å². The largest absolute Gasteiger partial charge is 0.481 e. The van der Waals surface area contributed by atoms with E-state index in [1.165, 1.54) is 0 Å². The molecule has 3 N–H and O–H groups in total. The summed E-state index contributed by atoms with van der Waals surface area (Å²) in [6, 6.07) is 0. The zero-order valence-electron chi connectivity index (χ0n) is 7.46. The van der Waals surface area contributed by atoms with Crippen LogP contribution in [0.15, 0.2) is 0 Å². The van der Waals surface area contributed by atoms with Crippen LogP contribution in [-0.2, 0) is 9.59 Å². The molecule has 0 rings (SSSR count). The summed E-state index contributed by atoms with van der Waals surface area (Å²) in [5.41, 5.74) is 4.66. The van der Waals surface area contributed by atoms with Gasteiger partial charge in [0.05, 0.1) is 5.54 Å². The summed E-state index contributed by atoms with van der Waals surface area (Å²) in [5.74, 6) is -0.971. The van der Waals surface area contributed by atoms with Gasteiger partial charge in [-0.1, -0.05) is 0 Å². The van der Waals surface area contributed by atoms with Gasteiger partial charge in [-0.2, -0.15) is 0 Å². The molecule has 12 heavy (non-hydrogen) atoms. The summed E-state index contributed by atoms with van der Waals surface area (Å²) < 4.78 is 0. The topological polar surface area (TPSA) is 80.4 Å². The summed E-state index contributed by atoms with van der Waals surface area (Å²) in [6.07, 6.45) is 0.645. The Morgan fingerprint density at radius 1 is 1.33 bits per heavy atom. The van der Waals surface area contributed by atoms with Gasteiger partial charge in [0.1, 0.15) is 0 Å². The highest BCUT2D eigenvalue weighted by Crippen LogP contribution is 2.06.